The SMILES string of the molecule is CN(C(=O)Nc1nccs1)[C@H]1CN(c2nccc(NC(=O)O[C@@H]3C[C@@H]4C[C@H]3CN4)n2)CCC1(F)F. The number of fused-ring (bicyclic) bond motifs is 2. The number of anilines is 3. The quantitative estimate of drug-likeness (QED) is 0.563. The summed E-state index contributed by atoms with van der Waals surface area (Å²) in [5.74, 6) is -2.38. The maximum atomic E-state index is 14.8. The number of rotatable bonds is 5. The fraction of sp³-hybridized carbons (Fsp3) is 0.571. The van der Waals surface area contributed by atoms with Crippen molar-refractivity contribution < 1.29 is 23.1 Å². The third-order valence-corrected chi connectivity index (χ3v) is 7.43. The monoisotopic (exact) mass is 508 g/mol. The van der Waals surface area contributed by atoms with Crippen LogP contribution in [-0.4, -0.2) is 82.8 Å². The van der Waals surface area contributed by atoms with Crippen LogP contribution >= 0.6 is 11.3 Å². The second kappa shape index (κ2) is 9.49. The van der Waals surface area contributed by atoms with Gasteiger partial charge in [0.1, 0.15) is 18.0 Å². The first-order valence-electron chi connectivity index (χ1n) is 11.4. The summed E-state index contributed by atoms with van der Waals surface area (Å²) in [6.07, 6.45) is 3.55. The van der Waals surface area contributed by atoms with Crippen molar-refractivity contribution in [3.8, 4) is 0 Å². The van der Waals surface area contributed by atoms with Gasteiger partial charge in [-0.25, -0.2) is 28.3 Å². The smallest absolute Gasteiger partial charge is 0.413 e. The number of piperidine rings is 2. The van der Waals surface area contributed by atoms with E-state index in [0.29, 0.717) is 17.1 Å². The van der Waals surface area contributed by atoms with Gasteiger partial charge >= 0.3 is 12.1 Å². The predicted octanol–water partition coefficient (Wildman–Crippen LogP) is 2.61. The number of hydrogen-bond acceptors (Lipinski definition) is 9. The first-order valence-corrected chi connectivity index (χ1v) is 12.3. The van der Waals surface area contributed by atoms with E-state index in [1.807, 2.05) is 0 Å². The summed E-state index contributed by atoms with van der Waals surface area (Å²) in [6, 6.07) is -0.180. The lowest BCUT2D eigenvalue weighted by molar-refractivity contribution is -0.0760. The molecule has 2 saturated heterocycles. The molecule has 14 heteroatoms. The van der Waals surface area contributed by atoms with Crippen molar-refractivity contribution in [2.75, 3.05) is 42.2 Å². The second-order valence-corrected chi connectivity index (χ2v) is 9.89. The first-order chi connectivity index (χ1) is 16.8. The number of thiazole rings is 1. The van der Waals surface area contributed by atoms with Crippen LogP contribution in [0.4, 0.5) is 35.3 Å². The Hall–Kier alpha value is -3.13. The van der Waals surface area contributed by atoms with Crippen LogP contribution in [0.1, 0.15) is 19.3 Å². The summed E-state index contributed by atoms with van der Waals surface area (Å²) in [5, 5.41) is 10.5. The van der Waals surface area contributed by atoms with Crippen molar-refractivity contribution >= 4 is 40.4 Å². The fourth-order valence-electron chi connectivity index (χ4n) is 4.85. The molecule has 11 nitrogen and oxygen atoms in total. The molecule has 2 bridgehead atoms. The molecule has 188 valence electrons. The standard InChI is InChI=1S/C21H26F2N8O3S/c1-30(19(32)29-18-25-5-7-35-18)15-11-31(6-3-21(15,22)23)17-24-4-2-16(27-17)28-20(33)34-14-9-13-8-12(14)10-26-13/h2,4-5,7,12-15,26H,3,6,8-11H2,1H3,(H,25,29,32)(H,24,27,28,33)/t12-,13-,14+,15-/m0/s1. The van der Waals surface area contributed by atoms with E-state index in [9.17, 15) is 18.4 Å². The molecule has 5 rings (SSSR count). The maximum absolute atomic E-state index is 14.8. The van der Waals surface area contributed by atoms with Crippen molar-refractivity contribution in [2.45, 2.75) is 43.4 Å². The molecule has 3 fully saturated rings. The van der Waals surface area contributed by atoms with E-state index in [1.54, 1.807) is 10.3 Å². The number of aromatic nitrogens is 3. The van der Waals surface area contributed by atoms with Crippen LogP contribution in [0.3, 0.4) is 0 Å². The van der Waals surface area contributed by atoms with Crippen molar-refractivity contribution in [2.24, 2.45) is 5.92 Å². The number of nitrogens with zero attached hydrogens (tertiary/aromatic N) is 5. The summed E-state index contributed by atoms with van der Waals surface area (Å²) in [6.45, 7) is 0.662. The van der Waals surface area contributed by atoms with Crippen LogP contribution in [0, 0.1) is 5.92 Å². The molecule has 0 unspecified atom stereocenters. The van der Waals surface area contributed by atoms with Gasteiger partial charge in [0.25, 0.3) is 5.92 Å². The zero-order chi connectivity index (χ0) is 24.6. The number of ether oxygens (including phenoxy) is 1. The number of likely N-dealkylation sites (N-methyl/N-ethyl adjacent to an activating group) is 1. The minimum atomic E-state index is -3.10. The van der Waals surface area contributed by atoms with Gasteiger partial charge in [0.2, 0.25) is 5.95 Å². The molecular formula is C21H26F2N8O3S. The number of carbonyl (C=O) groups excluding carboxylic acids is 2. The second-order valence-electron chi connectivity index (χ2n) is 9.00. The van der Waals surface area contributed by atoms with E-state index in [-0.39, 0.29) is 31.0 Å². The molecule has 2 aliphatic heterocycles. The molecule has 3 aliphatic rings. The molecule has 0 radical (unpaired) electrons. The van der Waals surface area contributed by atoms with Gasteiger partial charge in [0.15, 0.2) is 5.13 Å². The van der Waals surface area contributed by atoms with Crippen LogP contribution < -0.4 is 20.9 Å². The number of alkyl halides is 2. The van der Waals surface area contributed by atoms with Crippen molar-refractivity contribution in [1.82, 2.24) is 25.2 Å². The Bertz CT molecular complexity index is 1070. The minimum Gasteiger partial charge on any atom is -0.446 e. The molecule has 0 spiro atoms. The molecule has 1 aliphatic carbocycles. The highest BCUT2D eigenvalue weighted by Gasteiger charge is 2.48. The summed E-state index contributed by atoms with van der Waals surface area (Å²) in [7, 11) is 1.32. The summed E-state index contributed by atoms with van der Waals surface area (Å²) >= 11 is 1.20. The van der Waals surface area contributed by atoms with E-state index in [1.165, 1.54) is 36.8 Å². The van der Waals surface area contributed by atoms with Gasteiger partial charge in [-0.15, -0.1) is 11.3 Å². The van der Waals surface area contributed by atoms with Gasteiger partial charge in [0, 0.05) is 69.3 Å². The Kier molecular flexibility index (Phi) is 6.40. The van der Waals surface area contributed by atoms with E-state index >= 15 is 0 Å². The van der Waals surface area contributed by atoms with Gasteiger partial charge < -0.3 is 19.9 Å². The fourth-order valence-corrected chi connectivity index (χ4v) is 5.37. The molecule has 0 aromatic carbocycles. The number of urea groups is 1. The summed E-state index contributed by atoms with van der Waals surface area (Å²) in [4.78, 5) is 40.0. The van der Waals surface area contributed by atoms with E-state index in [2.05, 4.69) is 30.9 Å². The zero-order valence-corrected chi connectivity index (χ0v) is 19.8. The highest BCUT2D eigenvalue weighted by molar-refractivity contribution is 7.13. The number of carbonyl (C=O) groups is 2. The Morgan fingerprint density at radius 2 is 2.14 bits per heavy atom. The molecule has 2 aromatic rings. The highest BCUT2D eigenvalue weighted by atomic mass is 32.1. The number of halogens is 2. The van der Waals surface area contributed by atoms with Gasteiger partial charge in [-0.3, -0.25) is 10.6 Å². The lowest BCUT2D eigenvalue weighted by atomic mass is 10.00. The average Bonchev–Trinajstić information content (AvgIpc) is 3.58. The van der Waals surface area contributed by atoms with E-state index in [4.69, 9.17) is 4.74 Å². The predicted molar refractivity (Wildman–Crippen MR) is 125 cm³/mol. The van der Waals surface area contributed by atoms with Crippen LogP contribution in [0.15, 0.2) is 23.8 Å². The summed E-state index contributed by atoms with van der Waals surface area (Å²) in [5.41, 5.74) is 0. The lowest BCUT2D eigenvalue weighted by Gasteiger charge is -2.42. The van der Waals surface area contributed by atoms with E-state index < -0.39 is 30.5 Å². The molecule has 3 amide bonds. The number of nitrogens with one attached hydrogen (secondary N) is 3. The van der Waals surface area contributed by atoms with Gasteiger partial charge in [-0.2, -0.15) is 4.98 Å². The van der Waals surface area contributed by atoms with Gasteiger partial charge in [0.05, 0.1) is 0 Å². The van der Waals surface area contributed by atoms with Gasteiger partial charge in [-0.1, -0.05) is 0 Å². The first kappa shape index (κ1) is 23.6. The van der Waals surface area contributed by atoms with Crippen molar-refractivity contribution in [3.63, 3.8) is 0 Å². The largest absolute Gasteiger partial charge is 0.446 e. The molecule has 1 saturated carbocycles. The molecule has 4 heterocycles. The van der Waals surface area contributed by atoms with E-state index in [0.717, 1.165) is 24.3 Å². The Labute approximate surface area is 204 Å². The highest BCUT2D eigenvalue weighted by Crippen LogP contribution is 2.34. The molecular weight excluding hydrogens is 482 g/mol. The Morgan fingerprint density at radius 1 is 1.29 bits per heavy atom. The molecule has 2 aromatic heterocycles. The normalized spacial score (nSPS) is 26.9. The van der Waals surface area contributed by atoms with Crippen LogP contribution in [-0.2, 0) is 4.74 Å². The lowest BCUT2D eigenvalue weighted by Crippen LogP contribution is -2.60. The summed E-state index contributed by atoms with van der Waals surface area (Å²) < 4.78 is 35.1. The molecule has 35 heavy (non-hydrogen) atoms. The van der Waals surface area contributed by atoms with Crippen LogP contribution in [0.2, 0.25) is 0 Å². The number of amides is 3. The van der Waals surface area contributed by atoms with Crippen molar-refractivity contribution in [1.29, 1.82) is 0 Å². The number of hydrogen-bond donors (Lipinski definition) is 3. The van der Waals surface area contributed by atoms with Crippen LogP contribution in [0.25, 0.3) is 0 Å². The topological polar surface area (TPSA) is 125 Å². The Morgan fingerprint density at radius 3 is 2.86 bits per heavy atom. The maximum Gasteiger partial charge on any atom is 0.413 e. The van der Waals surface area contributed by atoms with Gasteiger partial charge in [-0.05, 0) is 12.5 Å². The van der Waals surface area contributed by atoms with Crippen LogP contribution in [0.5, 0.6) is 0 Å². The third kappa shape index (κ3) is 5.12. The zero-order valence-electron chi connectivity index (χ0n) is 19.0. The van der Waals surface area contributed by atoms with Crippen molar-refractivity contribution in [3.05, 3.63) is 23.8 Å². The molecule has 4 atom stereocenters. The minimum absolute atomic E-state index is 0.00250. The Balaban J connectivity index is 1.22. The average molecular weight is 509 g/mol. The third-order valence-electron chi connectivity index (χ3n) is 6.74. The molecule has 3 N–H and O–H groups in total.